The highest BCUT2D eigenvalue weighted by molar-refractivity contribution is 6.31. The molecule has 0 saturated carbocycles. The number of nitrogens with zero attached hydrogens (tertiary/aromatic N) is 3. The second-order valence-corrected chi connectivity index (χ2v) is 9.28. The van der Waals surface area contributed by atoms with Gasteiger partial charge in [0.1, 0.15) is 0 Å². The van der Waals surface area contributed by atoms with E-state index in [1.165, 1.54) is 0 Å². The van der Waals surface area contributed by atoms with Crippen LogP contribution < -0.4 is 5.32 Å². The molecule has 0 bridgehead atoms. The molecule has 0 aromatic heterocycles. The number of nitrogens with one attached hydrogen (secondary N) is 1. The first-order chi connectivity index (χ1) is 14.9. The Morgan fingerprint density at radius 3 is 2.58 bits per heavy atom. The number of benzene rings is 1. The number of carbonyl (C=O) groups is 2. The second-order valence-electron chi connectivity index (χ2n) is 8.88. The summed E-state index contributed by atoms with van der Waals surface area (Å²) in [6.07, 6.45) is 0.366. The maximum Gasteiger partial charge on any atom is 0.234 e. The summed E-state index contributed by atoms with van der Waals surface area (Å²) in [6.45, 7) is 11.6. The van der Waals surface area contributed by atoms with Crippen LogP contribution in [0.4, 0.5) is 0 Å². The maximum atomic E-state index is 12.6. The summed E-state index contributed by atoms with van der Waals surface area (Å²) in [5, 5.41) is 3.64. The first-order valence-corrected chi connectivity index (χ1v) is 11.6. The van der Waals surface area contributed by atoms with Crippen molar-refractivity contribution < 1.29 is 14.3 Å². The van der Waals surface area contributed by atoms with Crippen molar-refractivity contribution in [2.24, 2.45) is 5.92 Å². The van der Waals surface area contributed by atoms with Crippen LogP contribution in [0.3, 0.4) is 0 Å². The predicted molar refractivity (Wildman–Crippen MR) is 122 cm³/mol. The lowest BCUT2D eigenvalue weighted by Gasteiger charge is -2.35. The minimum Gasteiger partial charge on any atom is -0.374 e. The van der Waals surface area contributed by atoms with Crippen LogP contribution in [0.25, 0.3) is 0 Å². The highest BCUT2D eigenvalue weighted by Gasteiger charge is 2.24. The molecule has 0 spiro atoms. The number of halogens is 1. The van der Waals surface area contributed by atoms with Gasteiger partial charge in [-0.15, -0.1) is 0 Å². The van der Waals surface area contributed by atoms with Gasteiger partial charge in [-0.1, -0.05) is 43.6 Å². The summed E-state index contributed by atoms with van der Waals surface area (Å²) < 4.78 is 5.80. The topological polar surface area (TPSA) is 65.1 Å². The monoisotopic (exact) mass is 450 g/mol. The van der Waals surface area contributed by atoms with Gasteiger partial charge in [0.05, 0.1) is 25.7 Å². The van der Waals surface area contributed by atoms with Gasteiger partial charge in [-0.05, 0) is 17.5 Å². The Bertz CT molecular complexity index is 737. The summed E-state index contributed by atoms with van der Waals surface area (Å²) >= 11 is 6.17. The van der Waals surface area contributed by atoms with E-state index in [-0.39, 0.29) is 17.9 Å². The van der Waals surface area contributed by atoms with E-state index in [2.05, 4.69) is 29.0 Å². The molecule has 0 aliphatic carbocycles. The first-order valence-electron chi connectivity index (χ1n) is 11.2. The lowest BCUT2D eigenvalue weighted by Crippen LogP contribution is -2.52. The average molecular weight is 451 g/mol. The molecule has 172 valence electrons. The smallest absolute Gasteiger partial charge is 0.234 e. The molecule has 1 unspecified atom stereocenters. The van der Waals surface area contributed by atoms with E-state index in [0.717, 1.165) is 31.8 Å². The molecule has 2 aliphatic heterocycles. The third-order valence-electron chi connectivity index (χ3n) is 5.76. The molecule has 2 amide bonds. The maximum absolute atomic E-state index is 12.6. The van der Waals surface area contributed by atoms with Crippen molar-refractivity contribution in [3.63, 3.8) is 0 Å². The molecule has 2 aliphatic rings. The molecular weight excluding hydrogens is 416 g/mol. The zero-order valence-corrected chi connectivity index (χ0v) is 19.4. The van der Waals surface area contributed by atoms with Crippen LogP contribution in [0.2, 0.25) is 5.02 Å². The molecular formula is C23H35ClN4O3. The van der Waals surface area contributed by atoms with Crippen LogP contribution in [-0.2, 0) is 20.7 Å². The first kappa shape index (κ1) is 24.0. The third kappa shape index (κ3) is 7.75. The molecule has 3 rings (SSSR count). The lowest BCUT2D eigenvalue weighted by atomic mass is 10.1. The number of piperazine rings is 1. The fraction of sp³-hybridized carbons (Fsp3) is 0.652. The SMILES string of the molecule is CC(C)CN1CCOC(CNC(=O)CN2CCN(C(=O)Cc3ccccc3Cl)CC2)C1. The van der Waals surface area contributed by atoms with Crippen molar-refractivity contribution in [2.75, 3.05) is 65.5 Å². The van der Waals surface area contributed by atoms with Gasteiger partial charge in [0, 0.05) is 57.4 Å². The Morgan fingerprint density at radius 2 is 1.87 bits per heavy atom. The molecule has 8 heteroatoms. The molecule has 31 heavy (non-hydrogen) atoms. The highest BCUT2D eigenvalue weighted by Crippen LogP contribution is 2.17. The van der Waals surface area contributed by atoms with Crippen molar-refractivity contribution in [2.45, 2.75) is 26.4 Å². The average Bonchev–Trinajstić information content (AvgIpc) is 2.74. The number of rotatable bonds is 8. The Kier molecular flexibility index (Phi) is 9.14. The second kappa shape index (κ2) is 11.8. The molecule has 1 atom stereocenters. The standard InChI is InChI=1S/C23H35ClN4O3/c1-18(2)15-27-11-12-31-20(16-27)14-25-22(29)17-26-7-9-28(10-8-26)23(30)13-19-5-3-4-6-21(19)24/h3-6,18,20H,7-17H2,1-2H3,(H,25,29). The van der Waals surface area contributed by atoms with Crippen LogP contribution in [0.15, 0.2) is 24.3 Å². The van der Waals surface area contributed by atoms with Crippen molar-refractivity contribution in [1.29, 1.82) is 0 Å². The fourth-order valence-electron chi connectivity index (χ4n) is 4.14. The molecule has 2 saturated heterocycles. The minimum atomic E-state index is 0.0143. The quantitative estimate of drug-likeness (QED) is 0.650. The van der Waals surface area contributed by atoms with Crippen LogP contribution >= 0.6 is 11.6 Å². The summed E-state index contributed by atoms with van der Waals surface area (Å²) in [7, 11) is 0. The van der Waals surface area contributed by atoms with E-state index in [1.807, 2.05) is 23.1 Å². The van der Waals surface area contributed by atoms with Gasteiger partial charge in [-0.3, -0.25) is 19.4 Å². The van der Waals surface area contributed by atoms with Gasteiger partial charge in [0.25, 0.3) is 0 Å². The van der Waals surface area contributed by atoms with E-state index in [4.69, 9.17) is 16.3 Å². The molecule has 1 aromatic rings. The number of morpholine rings is 1. The van der Waals surface area contributed by atoms with E-state index < -0.39 is 0 Å². The number of hydrogen-bond donors (Lipinski definition) is 1. The van der Waals surface area contributed by atoms with Crippen molar-refractivity contribution in [3.05, 3.63) is 34.9 Å². The zero-order valence-electron chi connectivity index (χ0n) is 18.7. The van der Waals surface area contributed by atoms with Gasteiger partial charge in [0.2, 0.25) is 11.8 Å². The van der Waals surface area contributed by atoms with E-state index in [9.17, 15) is 9.59 Å². The molecule has 7 nitrogen and oxygen atoms in total. The number of hydrogen-bond acceptors (Lipinski definition) is 5. The summed E-state index contributed by atoms with van der Waals surface area (Å²) in [5.74, 6) is 0.724. The van der Waals surface area contributed by atoms with Gasteiger partial charge in [-0.25, -0.2) is 0 Å². The Balaban J connectivity index is 1.34. The van der Waals surface area contributed by atoms with Gasteiger partial charge >= 0.3 is 0 Å². The van der Waals surface area contributed by atoms with E-state index in [1.54, 1.807) is 6.07 Å². The third-order valence-corrected chi connectivity index (χ3v) is 6.13. The summed E-state index contributed by atoms with van der Waals surface area (Å²) in [6, 6.07) is 7.45. The van der Waals surface area contributed by atoms with Crippen molar-refractivity contribution >= 4 is 23.4 Å². The summed E-state index contributed by atoms with van der Waals surface area (Å²) in [4.78, 5) is 31.3. The number of carbonyl (C=O) groups excluding carboxylic acids is 2. The number of amides is 2. The van der Waals surface area contributed by atoms with E-state index in [0.29, 0.717) is 56.6 Å². The molecule has 1 N–H and O–H groups in total. The lowest BCUT2D eigenvalue weighted by molar-refractivity contribution is -0.132. The predicted octanol–water partition coefficient (Wildman–Crippen LogP) is 1.50. The Labute approximate surface area is 190 Å². The highest BCUT2D eigenvalue weighted by atomic mass is 35.5. The van der Waals surface area contributed by atoms with E-state index >= 15 is 0 Å². The fourth-order valence-corrected chi connectivity index (χ4v) is 4.35. The van der Waals surface area contributed by atoms with Crippen LogP contribution in [0, 0.1) is 5.92 Å². The largest absolute Gasteiger partial charge is 0.374 e. The molecule has 0 radical (unpaired) electrons. The molecule has 1 aromatic carbocycles. The minimum absolute atomic E-state index is 0.0143. The normalized spacial score (nSPS) is 20.8. The zero-order chi connectivity index (χ0) is 22.2. The van der Waals surface area contributed by atoms with Gasteiger partial charge < -0.3 is 15.0 Å². The Morgan fingerprint density at radius 1 is 1.13 bits per heavy atom. The van der Waals surface area contributed by atoms with Crippen LogP contribution in [-0.4, -0.2) is 98.1 Å². The van der Waals surface area contributed by atoms with Crippen molar-refractivity contribution in [3.8, 4) is 0 Å². The number of ether oxygens (including phenoxy) is 1. The van der Waals surface area contributed by atoms with Crippen molar-refractivity contribution in [1.82, 2.24) is 20.0 Å². The molecule has 2 heterocycles. The van der Waals surface area contributed by atoms with Gasteiger partial charge in [-0.2, -0.15) is 0 Å². The van der Waals surface area contributed by atoms with Gasteiger partial charge in [0.15, 0.2) is 0 Å². The van der Waals surface area contributed by atoms with Crippen LogP contribution in [0.1, 0.15) is 19.4 Å². The Hall–Kier alpha value is -1.67. The van der Waals surface area contributed by atoms with Crippen LogP contribution in [0.5, 0.6) is 0 Å². The molecule has 2 fully saturated rings. The summed E-state index contributed by atoms with van der Waals surface area (Å²) in [5.41, 5.74) is 0.855.